The summed E-state index contributed by atoms with van der Waals surface area (Å²) in [4.78, 5) is 13.4. The lowest BCUT2D eigenvalue weighted by molar-refractivity contribution is 0.660. The summed E-state index contributed by atoms with van der Waals surface area (Å²) in [6, 6.07) is 10.5. The number of benzene rings is 1. The van der Waals surface area contributed by atoms with Crippen LogP contribution in [0.25, 0.3) is 11.2 Å². The monoisotopic (exact) mass is 364 g/mol. The molecule has 0 bridgehead atoms. The zero-order chi connectivity index (χ0) is 18.9. The Kier molecular flexibility index (Phi) is 6.79. The van der Waals surface area contributed by atoms with E-state index in [1.165, 1.54) is 5.56 Å². The Morgan fingerprint density at radius 3 is 2.78 bits per heavy atom. The second-order valence-corrected chi connectivity index (χ2v) is 6.58. The van der Waals surface area contributed by atoms with Crippen molar-refractivity contribution in [2.24, 2.45) is 0 Å². The van der Waals surface area contributed by atoms with Crippen molar-refractivity contribution in [3.8, 4) is 0 Å². The molecule has 27 heavy (non-hydrogen) atoms. The van der Waals surface area contributed by atoms with Crippen molar-refractivity contribution in [2.45, 2.75) is 45.6 Å². The zero-order valence-electron chi connectivity index (χ0n) is 15.9. The van der Waals surface area contributed by atoms with E-state index in [4.69, 9.17) is 5.73 Å². The van der Waals surface area contributed by atoms with E-state index < -0.39 is 0 Å². The summed E-state index contributed by atoms with van der Waals surface area (Å²) in [5.74, 6) is 0.996. The molecule has 0 aliphatic rings. The predicted octanol–water partition coefficient (Wildman–Crippen LogP) is 4.20. The van der Waals surface area contributed by atoms with Crippen LogP contribution in [-0.2, 0) is 13.0 Å². The fourth-order valence-corrected chi connectivity index (χ4v) is 3.01. The van der Waals surface area contributed by atoms with Gasteiger partial charge in [-0.25, -0.2) is 4.98 Å². The Labute approximate surface area is 160 Å². The Morgan fingerprint density at radius 1 is 1.11 bits per heavy atom. The molecule has 2 aromatic heterocycles. The minimum Gasteiger partial charge on any atom is -0.382 e. The average Bonchev–Trinajstić information content (AvgIpc) is 3.09. The summed E-state index contributed by atoms with van der Waals surface area (Å²) in [6.07, 6.45) is 11.4. The first-order valence-corrected chi connectivity index (χ1v) is 9.69. The number of nitrogens with one attached hydrogen (secondary N) is 1. The number of anilines is 2. The van der Waals surface area contributed by atoms with Gasteiger partial charge in [-0.2, -0.15) is 9.97 Å². The largest absolute Gasteiger partial charge is 0.382 e. The summed E-state index contributed by atoms with van der Waals surface area (Å²) < 4.78 is 2.06. The molecular formula is C21H28N6. The molecule has 0 aliphatic heterocycles. The summed E-state index contributed by atoms with van der Waals surface area (Å²) in [5, 5.41) is 3.29. The number of unbranched alkanes of at least 4 members (excludes halogenated alkanes) is 1. The molecule has 0 unspecified atom stereocenters. The van der Waals surface area contributed by atoms with Crippen LogP contribution in [0.5, 0.6) is 0 Å². The molecule has 0 atom stereocenters. The van der Waals surface area contributed by atoms with Crippen LogP contribution in [0.4, 0.5) is 11.8 Å². The highest BCUT2D eigenvalue weighted by atomic mass is 15.2. The minimum atomic E-state index is 0.426. The highest BCUT2D eigenvalue weighted by Crippen LogP contribution is 2.18. The van der Waals surface area contributed by atoms with E-state index in [2.05, 4.69) is 68.2 Å². The van der Waals surface area contributed by atoms with Gasteiger partial charge in [0, 0.05) is 13.1 Å². The first-order chi connectivity index (χ1) is 13.3. The fraction of sp³-hybridized carbons (Fsp3) is 0.381. The molecule has 0 spiro atoms. The quantitative estimate of drug-likeness (QED) is 0.416. The molecule has 142 valence electrons. The SMILES string of the molecule is CCC=CCCCn1cnc2c(N)nc(NCCCc3ccccc3)nc21. The Balaban J connectivity index is 1.58. The Hall–Kier alpha value is -2.89. The lowest BCUT2D eigenvalue weighted by Crippen LogP contribution is -2.09. The molecule has 3 aromatic rings. The molecule has 0 amide bonds. The topological polar surface area (TPSA) is 81.7 Å². The minimum absolute atomic E-state index is 0.426. The normalized spacial score (nSPS) is 11.4. The van der Waals surface area contributed by atoms with Gasteiger partial charge in [-0.1, -0.05) is 49.4 Å². The highest BCUT2D eigenvalue weighted by Gasteiger charge is 2.11. The van der Waals surface area contributed by atoms with Gasteiger partial charge < -0.3 is 15.6 Å². The molecule has 0 saturated heterocycles. The molecule has 1 aromatic carbocycles. The van der Waals surface area contributed by atoms with Crippen LogP contribution >= 0.6 is 0 Å². The number of allylic oxidation sites excluding steroid dienone is 2. The Bertz CT molecular complexity index is 869. The third-order valence-electron chi connectivity index (χ3n) is 4.43. The Morgan fingerprint density at radius 2 is 1.96 bits per heavy atom. The van der Waals surface area contributed by atoms with Gasteiger partial charge in [-0.15, -0.1) is 0 Å². The number of fused-ring (bicyclic) bond motifs is 1. The maximum atomic E-state index is 6.08. The molecule has 6 nitrogen and oxygen atoms in total. The molecule has 3 rings (SSSR count). The van der Waals surface area contributed by atoms with E-state index in [0.29, 0.717) is 17.3 Å². The molecule has 3 N–H and O–H groups in total. The number of nitrogen functional groups attached to an aromatic ring is 1. The van der Waals surface area contributed by atoms with E-state index in [-0.39, 0.29) is 0 Å². The van der Waals surface area contributed by atoms with Gasteiger partial charge in [0.05, 0.1) is 6.33 Å². The van der Waals surface area contributed by atoms with Gasteiger partial charge in [-0.3, -0.25) is 0 Å². The summed E-state index contributed by atoms with van der Waals surface area (Å²) >= 11 is 0. The van der Waals surface area contributed by atoms with Crippen molar-refractivity contribution in [3.63, 3.8) is 0 Å². The number of nitrogens with zero attached hydrogens (tertiary/aromatic N) is 4. The summed E-state index contributed by atoms with van der Waals surface area (Å²) in [7, 11) is 0. The van der Waals surface area contributed by atoms with Gasteiger partial charge in [0.15, 0.2) is 11.5 Å². The molecule has 2 heterocycles. The summed E-state index contributed by atoms with van der Waals surface area (Å²) in [6.45, 7) is 3.82. The number of hydrogen-bond donors (Lipinski definition) is 2. The van der Waals surface area contributed by atoms with Crippen LogP contribution in [0.1, 0.15) is 38.2 Å². The third-order valence-corrected chi connectivity index (χ3v) is 4.43. The first-order valence-electron chi connectivity index (χ1n) is 9.69. The molecule has 0 fully saturated rings. The number of hydrogen-bond acceptors (Lipinski definition) is 5. The number of aryl methyl sites for hydroxylation is 2. The van der Waals surface area contributed by atoms with Crippen LogP contribution in [0.3, 0.4) is 0 Å². The second-order valence-electron chi connectivity index (χ2n) is 6.58. The standard InChI is InChI=1S/C21H28N6/c1-2-3-4-5-9-15-27-16-24-18-19(22)25-21(26-20(18)27)23-14-10-13-17-11-7-6-8-12-17/h3-4,6-8,11-12,16H,2,5,9-10,13-15H2,1H3,(H3,22,23,25,26). The van der Waals surface area contributed by atoms with Gasteiger partial charge in [0.2, 0.25) is 5.95 Å². The number of imidazole rings is 1. The van der Waals surface area contributed by atoms with Gasteiger partial charge >= 0.3 is 0 Å². The second kappa shape index (κ2) is 9.71. The van der Waals surface area contributed by atoms with Crippen molar-refractivity contribution >= 4 is 22.9 Å². The highest BCUT2D eigenvalue weighted by molar-refractivity contribution is 5.82. The molecular weight excluding hydrogens is 336 g/mol. The lowest BCUT2D eigenvalue weighted by Gasteiger charge is -2.08. The molecule has 0 saturated carbocycles. The van der Waals surface area contributed by atoms with E-state index in [1.54, 1.807) is 6.33 Å². The lowest BCUT2D eigenvalue weighted by atomic mass is 10.1. The van der Waals surface area contributed by atoms with Crippen LogP contribution in [0.2, 0.25) is 0 Å². The number of aromatic nitrogens is 4. The van der Waals surface area contributed by atoms with Crippen LogP contribution < -0.4 is 11.1 Å². The van der Waals surface area contributed by atoms with Crippen molar-refractivity contribution in [1.82, 2.24) is 19.5 Å². The van der Waals surface area contributed by atoms with Crippen LogP contribution in [0, 0.1) is 0 Å². The first kappa shape index (κ1) is 18.9. The molecule has 6 heteroatoms. The smallest absolute Gasteiger partial charge is 0.226 e. The van der Waals surface area contributed by atoms with E-state index in [1.807, 2.05) is 6.07 Å². The van der Waals surface area contributed by atoms with E-state index >= 15 is 0 Å². The molecule has 0 aliphatic carbocycles. The van der Waals surface area contributed by atoms with Crippen molar-refractivity contribution in [2.75, 3.05) is 17.6 Å². The van der Waals surface area contributed by atoms with Gasteiger partial charge in [0.1, 0.15) is 5.52 Å². The van der Waals surface area contributed by atoms with Crippen molar-refractivity contribution in [3.05, 3.63) is 54.4 Å². The van der Waals surface area contributed by atoms with E-state index in [0.717, 1.165) is 50.8 Å². The maximum Gasteiger partial charge on any atom is 0.226 e. The zero-order valence-corrected chi connectivity index (χ0v) is 15.9. The number of nitrogens with two attached hydrogens (primary N) is 1. The number of rotatable bonds is 10. The van der Waals surface area contributed by atoms with Gasteiger partial charge in [-0.05, 0) is 37.7 Å². The van der Waals surface area contributed by atoms with Crippen LogP contribution in [-0.4, -0.2) is 26.1 Å². The predicted molar refractivity (Wildman–Crippen MR) is 112 cm³/mol. The van der Waals surface area contributed by atoms with E-state index in [9.17, 15) is 0 Å². The van der Waals surface area contributed by atoms with Gasteiger partial charge in [0.25, 0.3) is 0 Å². The summed E-state index contributed by atoms with van der Waals surface area (Å²) in [5.41, 5.74) is 8.89. The fourth-order valence-electron chi connectivity index (χ4n) is 3.01. The van der Waals surface area contributed by atoms with Crippen LogP contribution in [0.15, 0.2) is 48.8 Å². The third kappa shape index (κ3) is 5.29. The van der Waals surface area contributed by atoms with Crippen molar-refractivity contribution < 1.29 is 0 Å². The van der Waals surface area contributed by atoms with Crippen molar-refractivity contribution in [1.29, 1.82) is 0 Å². The average molecular weight is 364 g/mol. The molecule has 0 radical (unpaired) electrons. The maximum absolute atomic E-state index is 6.08.